The molecule has 0 N–H and O–H groups in total. The van der Waals surface area contributed by atoms with Gasteiger partial charge in [0.05, 0.1) is 17.2 Å². The smallest absolute Gasteiger partial charge is 0.229 e. The Hall–Kier alpha value is -1.61. The summed E-state index contributed by atoms with van der Waals surface area (Å²) in [6, 6.07) is 4.83. The van der Waals surface area contributed by atoms with Crippen molar-refractivity contribution in [2.24, 2.45) is 0 Å². The maximum Gasteiger partial charge on any atom is 0.229 e. The Bertz CT molecular complexity index is 517. The van der Waals surface area contributed by atoms with Gasteiger partial charge >= 0.3 is 0 Å². The summed E-state index contributed by atoms with van der Waals surface area (Å²) in [5.41, 5.74) is 0.583. The van der Waals surface area contributed by atoms with Crippen molar-refractivity contribution in [1.29, 1.82) is 0 Å². The van der Waals surface area contributed by atoms with E-state index in [2.05, 4.69) is 0 Å². The van der Waals surface area contributed by atoms with Crippen LogP contribution in [0.4, 0.5) is 0 Å². The van der Waals surface area contributed by atoms with Gasteiger partial charge in [0.2, 0.25) is 5.78 Å². The average molecular weight is 251 g/mol. The van der Waals surface area contributed by atoms with Gasteiger partial charge in [-0.2, -0.15) is 0 Å². The molecule has 2 rings (SSSR count). The number of carbonyl (C=O) groups excluding carboxylic acids is 2. The number of hydrogen-bond donors (Lipinski definition) is 0. The molecule has 17 heavy (non-hydrogen) atoms. The minimum absolute atomic E-state index is 0.0810. The molecular weight excluding hydrogens is 240 g/mol. The lowest BCUT2D eigenvalue weighted by Crippen LogP contribution is -2.19. The molecule has 0 radical (unpaired) electrons. The highest BCUT2D eigenvalue weighted by atomic mass is 35.5. The Labute approximate surface area is 104 Å². The summed E-state index contributed by atoms with van der Waals surface area (Å²) in [5.74, 6) is -0.482. The van der Waals surface area contributed by atoms with Crippen LogP contribution in [0.2, 0.25) is 5.02 Å². The monoisotopic (exact) mass is 250 g/mol. The standard InChI is InChI=1S/C13H11ClO3/c1-2-6-17-11-7-10(15)8-4-3-5-9(14)12(8)13(11)16/h3-5,7H,2,6H2,1H3. The van der Waals surface area contributed by atoms with Crippen molar-refractivity contribution >= 4 is 23.2 Å². The Morgan fingerprint density at radius 3 is 2.76 bits per heavy atom. The molecule has 1 aromatic rings. The van der Waals surface area contributed by atoms with Crippen molar-refractivity contribution in [3.05, 3.63) is 46.2 Å². The van der Waals surface area contributed by atoms with Crippen LogP contribution in [0.15, 0.2) is 30.0 Å². The molecule has 1 aliphatic rings. The maximum atomic E-state index is 12.1. The highest BCUT2D eigenvalue weighted by molar-refractivity contribution is 6.37. The molecule has 0 atom stereocenters. The fourth-order valence-corrected chi connectivity index (χ4v) is 1.93. The number of allylic oxidation sites excluding steroid dienone is 2. The molecular formula is C13H11ClO3. The highest BCUT2D eigenvalue weighted by Crippen LogP contribution is 2.28. The van der Waals surface area contributed by atoms with E-state index < -0.39 is 0 Å². The zero-order valence-electron chi connectivity index (χ0n) is 9.33. The van der Waals surface area contributed by atoms with Gasteiger partial charge in [0.15, 0.2) is 11.5 Å². The van der Waals surface area contributed by atoms with Crippen molar-refractivity contribution in [1.82, 2.24) is 0 Å². The van der Waals surface area contributed by atoms with Crippen LogP contribution in [0.3, 0.4) is 0 Å². The third kappa shape index (κ3) is 2.11. The molecule has 0 saturated heterocycles. The van der Waals surface area contributed by atoms with Crippen molar-refractivity contribution in [3.8, 4) is 0 Å². The summed E-state index contributed by atoms with van der Waals surface area (Å²) in [7, 11) is 0. The van der Waals surface area contributed by atoms with Gasteiger partial charge in [-0.1, -0.05) is 30.7 Å². The molecule has 4 heteroatoms. The molecule has 0 saturated carbocycles. The Morgan fingerprint density at radius 1 is 1.29 bits per heavy atom. The second kappa shape index (κ2) is 4.72. The minimum atomic E-state index is -0.321. The molecule has 1 aliphatic carbocycles. The van der Waals surface area contributed by atoms with Crippen LogP contribution in [0.25, 0.3) is 0 Å². The predicted molar refractivity (Wildman–Crippen MR) is 64.4 cm³/mol. The van der Waals surface area contributed by atoms with Gasteiger partial charge in [0.1, 0.15) is 0 Å². The molecule has 0 heterocycles. The second-order valence-electron chi connectivity index (χ2n) is 3.71. The normalized spacial score (nSPS) is 14.4. The summed E-state index contributed by atoms with van der Waals surface area (Å²) in [4.78, 5) is 23.8. The van der Waals surface area contributed by atoms with Crippen LogP contribution in [0, 0.1) is 0 Å². The number of halogens is 1. The number of carbonyl (C=O) groups is 2. The van der Waals surface area contributed by atoms with E-state index >= 15 is 0 Å². The molecule has 0 unspecified atom stereocenters. The van der Waals surface area contributed by atoms with Crippen LogP contribution < -0.4 is 0 Å². The number of hydrogen-bond acceptors (Lipinski definition) is 3. The van der Waals surface area contributed by atoms with Crippen LogP contribution in [-0.2, 0) is 4.74 Å². The molecule has 3 nitrogen and oxygen atoms in total. The molecule has 1 aromatic carbocycles. The van der Waals surface area contributed by atoms with Crippen molar-refractivity contribution in [2.45, 2.75) is 13.3 Å². The number of rotatable bonds is 3. The van der Waals surface area contributed by atoms with Gasteiger partial charge in [-0.3, -0.25) is 9.59 Å². The third-order valence-electron chi connectivity index (χ3n) is 2.45. The first kappa shape index (κ1) is 11.9. The van der Waals surface area contributed by atoms with Gasteiger partial charge < -0.3 is 4.74 Å². The molecule has 0 aliphatic heterocycles. The molecule has 88 valence electrons. The Kier molecular flexibility index (Phi) is 3.29. The predicted octanol–water partition coefficient (Wildman–Crippen LogP) is 3.03. The van der Waals surface area contributed by atoms with E-state index in [0.29, 0.717) is 12.2 Å². The molecule has 0 aromatic heterocycles. The largest absolute Gasteiger partial charge is 0.489 e. The van der Waals surface area contributed by atoms with Gasteiger partial charge in [-0.25, -0.2) is 0 Å². The van der Waals surface area contributed by atoms with Gasteiger partial charge in [-0.05, 0) is 12.5 Å². The summed E-state index contributed by atoms with van der Waals surface area (Å²) in [6.45, 7) is 2.33. The van der Waals surface area contributed by atoms with Crippen LogP contribution >= 0.6 is 11.6 Å². The van der Waals surface area contributed by atoms with E-state index in [9.17, 15) is 9.59 Å². The quantitative estimate of drug-likeness (QED) is 0.828. The first-order valence-electron chi connectivity index (χ1n) is 5.37. The SMILES string of the molecule is CCCOC1=CC(=O)c2cccc(Cl)c2C1=O. The maximum absolute atomic E-state index is 12.1. The topological polar surface area (TPSA) is 43.4 Å². The van der Waals surface area contributed by atoms with E-state index in [1.54, 1.807) is 18.2 Å². The number of ether oxygens (including phenoxy) is 1. The summed E-state index contributed by atoms with van der Waals surface area (Å²) < 4.78 is 5.26. The molecule has 0 fully saturated rings. The van der Waals surface area contributed by atoms with Crippen LogP contribution in [0.5, 0.6) is 0 Å². The van der Waals surface area contributed by atoms with E-state index in [0.717, 1.165) is 6.42 Å². The van der Waals surface area contributed by atoms with Crippen LogP contribution in [-0.4, -0.2) is 18.2 Å². The van der Waals surface area contributed by atoms with Gasteiger partial charge in [-0.15, -0.1) is 0 Å². The summed E-state index contributed by atoms with van der Waals surface area (Å²) in [5, 5.41) is 0.284. The zero-order chi connectivity index (χ0) is 12.4. The number of benzene rings is 1. The van der Waals surface area contributed by atoms with Crippen molar-refractivity contribution < 1.29 is 14.3 Å². The fraction of sp³-hybridized carbons (Fsp3) is 0.231. The number of Topliss-reactive ketones (excluding diaryl/α,β-unsaturated/α-hetero) is 1. The van der Waals surface area contributed by atoms with Crippen LogP contribution in [0.1, 0.15) is 34.1 Å². The first-order valence-corrected chi connectivity index (χ1v) is 5.75. The Balaban J connectivity index is 2.44. The van der Waals surface area contributed by atoms with Gasteiger partial charge in [0.25, 0.3) is 0 Å². The third-order valence-corrected chi connectivity index (χ3v) is 2.77. The van der Waals surface area contributed by atoms with Gasteiger partial charge in [0, 0.05) is 11.6 Å². The summed E-state index contributed by atoms with van der Waals surface area (Å²) >= 11 is 5.95. The average Bonchev–Trinajstić information content (AvgIpc) is 2.32. The van der Waals surface area contributed by atoms with E-state index in [4.69, 9.17) is 16.3 Å². The van der Waals surface area contributed by atoms with E-state index in [-0.39, 0.29) is 27.9 Å². The fourth-order valence-electron chi connectivity index (χ4n) is 1.67. The van der Waals surface area contributed by atoms with E-state index in [1.807, 2.05) is 6.92 Å². The Morgan fingerprint density at radius 2 is 2.06 bits per heavy atom. The second-order valence-corrected chi connectivity index (χ2v) is 4.12. The zero-order valence-corrected chi connectivity index (χ0v) is 10.1. The summed E-state index contributed by atoms with van der Waals surface area (Å²) in [6.07, 6.45) is 2.00. The highest BCUT2D eigenvalue weighted by Gasteiger charge is 2.28. The molecule has 0 bridgehead atoms. The number of ketones is 2. The minimum Gasteiger partial charge on any atom is -0.489 e. The lowest BCUT2D eigenvalue weighted by atomic mass is 9.93. The lowest BCUT2D eigenvalue weighted by Gasteiger charge is -2.16. The van der Waals surface area contributed by atoms with Crippen molar-refractivity contribution in [3.63, 3.8) is 0 Å². The molecule has 0 amide bonds. The van der Waals surface area contributed by atoms with Crippen molar-refractivity contribution in [2.75, 3.05) is 6.61 Å². The van der Waals surface area contributed by atoms with E-state index in [1.165, 1.54) is 6.08 Å². The first-order chi connectivity index (χ1) is 8.15. The molecule has 0 spiro atoms. The number of fused-ring (bicyclic) bond motifs is 1. The lowest BCUT2D eigenvalue weighted by molar-refractivity contribution is 0.0883.